The van der Waals surface area contributed by atoms with E-state index >= 15 is 0 Å². The Morgan fingerprint density at radius 1 is 1.10 bits per heavy atom. The standard InChI is InChI=1S/C15H23NO.3W/c1-11(10-14(2,3)4)12-8-9-16(13(12)17)15(5,6)7;;;/h9H2,1-7H3;;;/q-2;;;. The summed E-state index contributed by atoms with van der Waals surface area (Å²) in [4.78, 5) is 14.1. The van der Waals surface area contributed by atoms with Crippen molar-refractivity contribution >= 4 is 5.91 Å². The van der Waals surface area contributed by atoms with Crippen LogP contribution in [0, 0.1) is 17.6 Å². The van der Waals surface area contributed by atoms with Gasteiger partial charge in [-0.25, -0.2) is 0 Å². The van der Waals surface area contributed by atoms with Crippen molar-refractivity contribution in [3.05, 3.63) is 23.3 Å². The molecule has 0 saturated carbocycles. The smallest absolute Gasteiger partial charge is 0.0556 e. The fourth-order valence-electron chi connectivity index (χ4n) is 1.90. The molecule has 0 spiro atoms. The van der Waals surface area contributed by atoms with Crippen molar-refractivity contribution < 1.29 is 68.0 Å². The normalized spacial score (nSPS) is 15.9. The number of nitrogens with zero attached hydrogens (tertiary/aromatic N) is 1. The second kappa shape index (κ2) is 9.22. The summed E-state index contributed by atoms with van der Waals surface area (Å²) in [5.41, 5.74) is 1.42. The summed E-state index contributed by atoms with van der Waals surface area (Å²) in [5, 5.41) is 0. The fraction of sp³-hybridized carbons (Fsp3) is 0.667. The zero-order valence-corrected chi connectivity index (χ0v) is 22.1. The molecule has 1 rings (SSSR count). The van der Waals surface area contributed by atoms with Crippen molar-refractivity contribution in [2.75, 3.05) is 6.54 Å². The van der Waals surface area contributed by atoms with Crippen LogP contribution in [0.25, 0.3) is 0 Å². The van der Waals surface area contributed by atoms with Gasteiger partial charge in [0.05, 0.1) is 5.91 Å². The summed E-state index contributed by atoms with van der Waals surface area (Å²) in [6.07, 6.45) is 6.51. The molecule has 0 unspecified atom stereocenters. The van der Waals surface area contributed by atoms with Crippen LogP contribution < -0.4 is 0 Å². The molecule has 1 aliphatic rings. The van der Waals surface area contributed by atoms with Crippen molar-refractivity contribution in [2.24, 2.45) is 5.41 Å². The van der Waals surface area contributed by atoms with Gasteiger partial charge in [-0.2, -0.15) is 0 Å². The number of carbonyl (C=O) groups is 1. The van der Waals surface area contributed by atoms with Crippen LogP contribution in [0.2, 0.25) is 0 Å². The predicted octanol–water partition coefficient (Wildman–Crippen LogP) is 3.14. The Kier molecular flexibility index (Phi) is 12.0. The van der Waals surface area contributed by atoms with Gasteiger partial charge in [0.15, 0.2) is 0 Å². The zero-order valence-electron chi connectivity index (χ0n) is 13.3. The number of hydrogen-bond acceptors (Lipinski definition) is 1. The van der Waals surface area contributed by atoms with E-state index in [0.29, 0.717) is 12.1 Å². The molecule has 0 radical (unpaired) electrons. The minimum absolute atomic E-state index is 0. The Morgan fingerprint density at radius 2 is 1.55 bits per heavy atom. The van der Waals surface area contributed by atoms with Crippen LogP contribution in [0.1, 0.15) is 48.5 Å². The first-order chi connectivity index (χ1) is 7.52. The van der Waals surface area contributed by atoms with Crippen LogP contribution in [0.4, 0.5) is 0 Å². The number of rotatable bonds is 1. The van der Waals surface area contributed by atoms with Gasteiger partial charge in [-0.15, -0.1) is 12.3 Å². The average molecular weight is 785 g/mol. The molecule has 20 heavy (non-hydrogen) atoms. The Labute approximate surface area is 167 Å². The largest absolute Gasteiger partial charge is 0.410 e. The molecular weight excluding hydrogens is 762 g/mol. The molecule has 2 nitrogen and oxygen atoms in total. The molecule has 1 amide bonds. The quantitative estimate of drug-likeness (QED) is 0.375. The van der Waals surface area contributed by atoms with Crippen LogP contribution in [0.3, 0.4) is 0 Å². The van der Waals surface area contributed by atoms with Gasteiger partial charge in [-0.3, -0.25) is 11.6 Å². The molecule has 114 valence electrons. The molecule has 0 atom stereocenters. The monoisotopic (exact) mass is 785 g/mol. The molecule has 0 aromatic heterocycles. The molecule has 0 aromatic rings. The SMILES string of the molecule is CC(=[C-]C(C)(C)C)C1=[C-]CN(C(C)(C)C)C1=O.[W].[W].[W]. The summed E-state index contributed by atoms with van der Waals surface area (Å²) in [6.45, 7) is 14.9. The van der Waals surface area contributed by atoms with Gasteiger partial charge in [-0.1, -0.05) is 20.8 Å². The van der Waals surface area contributed by atoms with Gasteiger partial charge < -0.3 is 21.3 Å². The van der Waals surface area contributed by atoms with E-state index in [9.17, 15) is 4.79 Å². The predicted molar refractivity (Wildman–Crippen MR) is 70.1 cm³/mol. The maximum Gasteiger partial charge on any atom is 0.0556 e. The van der Waals surface area contributed by atoms with E-state index in [1.165, 1.54) is 0 Å². The minimum atomic E-state index is -0.145. The van der Waals surface area contributed by atoms with Gasteiger partial charge >= 0.3 is 0 Å². The zero-order chi connectivity index (χ0) is 13.4. The van der Waals surface area contributed by atoms with E-state index in [1.54, 1.807) is 0 Å². The molecule has 0 bridgehead atoms. The summed E-state index contributed by atoms with van der Waals surface area (Å²) in [7, 11) is 0. The third-order valence-electron chi connectivity index (χ3n) is 2.62. The van der Waals surface area contributed by atoms with Gasteiger partial charge in [0, 0.05) is 68.7 Å². The molecule has 1 aliphatic heterocycles. The fourth-order valence-corrected chi connectivity index (χ4v) is 1.90. The van der Waals surface area contributed by atoms with Gasteiger partial charge in [0.1, 0.15) is 0 Å². The van der Waals surface area contributed by atoms with Gasteiger partial charge in [0.2, 0.25) is 0 Å². The van der Waals surface area contributed by atoms with Crippen molar-refractivity contribution in [3.8, 4) is 0 Å². The van der Waals surface area contributed by atoms with Gasteiger partial charge in [0.25, 0.3) is 0 Å². The van der Waals surface area contributed by atoms with Crippen LogP contribution >= 0.6 is 0 Å². The molecular formula is C15H23NOW3-2. The first-order valence-corrected chi connectivity index (χ1v) is 6.07. The molecule has 0 aliphatic carbocycles. The topological polar surface area (TPSA) is 20.3 Å². The first-order valence-electron chi connectivity index (χ1n) is 6.07. The second-order valence-corrected chi connectivity index (χ2v) is 6.61. The molecule has 1 heterocycles. The van der Waals surface area contributed by atoms with Crippen molar-refractivity contribution in [1.82, 2.24) is 4.90 Å². The van der Waals surface area contributed by atoms with Crippen molar-refractivity contribution in [1.29, 1.82) is 0 Å². The minimum Gasteiger partial charge on any atom is -0.410 e. The van der Waals surface area contributed by atoms with Crippen LogP contribution in [0.5, 0.6) is 0 Å². The van der Waals surface area contributed by atoms with Crippen LogP contribution in [0.15, 0.2) is 11.1 Å². The van der Waals surface area contributed by atoms with E-state index < -0.39 is 0 Å². The number of hydrogen-bond donors (Lipinski definition) is 0. The maximum atomic E-state index is 12.2. The van der Waals surface area contributed by atoms with E-state index in [2.05, 4.69) is 32.9 Å². The van der Waals surface area contributed by atoms with Crippen molar-refractivity contribution in [3.63, 3.8) is 0 Å². The van der Waals surface area contributed by atoms with Crippen molar-refractivity contribution in [2.45, 2.75) is 54.0 Å². The first kappa shape index (κ1) is 25.9. The third kappa shape index (κ3) is 7.33. The molecule has 5 heteroatoms. The maximum absolute atomic E-state index is 12.2. The van der Waals surface area contributed by atoms with E-state index in [-0.39, 0.29) is 80.1 Å². The Hall–Kier alpha value is 1.01. The molecule has 0 aromatic carbocycles. The summed E-state index contributed by atoms with van der Waals surface area (Å²) < 4.78 is 0. The second-order valence-electron chi connectivity index (χ2n) is 6.61. The Balaban J connectivity index is -0.000000963. The average Bonchev–Trinajstić information content (AvgIpc) is 2.42. The van der Waals surface area contributed by atoms with E-state index in [4.69, 9.17) is 0 Å². The van der Waals surface area contributed by atoms with Crippen LogP contribution in [-0.2, 0) is 68.0 Å². The van der Waals surface area contributed by atoms with E-state index in [0.717, 1.165) is 5.57 Å². The summed E-state index contributed by atoms with van der Waals surface area (Å²) >= 11 is 0. The number of allylic oxidation sites excluding steroid dienone is 1. The summed E-state index contributed by atoms with van der Waals surface area (Å²) in [5.74, 6) is 0.0757. The molecule has 0 N–H and O–H groups in total. The van der Waals surface area contributed by atoms with E-state index in [1.807, 2.05) is 32.6 Å². The van der Waals surface area contributed by atoms with Crippen LogP contribution in [-0.4, -0.2) is 22.9 Å². The van der Waals surface area contributed by atoms with Gasteiger partial charge in [-0.05, 0) is 27.3 Å². The number of carbonyl (C=O) groups excluding carboxylic acids is 1. The third-order valence-corrected chi connectivity index (χ3v) is 2.62. The Bertz CT molecular complexity index is 387. The molecule has 0 saturated heterocycles. The summed E-state index contributed by atoms with van der Waals surface area (Å²) in [6, 6.07) is 0. The number of amides is 1. The Morgan fingerprint density at radius 3 is 1.85 bits per heavy atom. The molecule has 0 fully saturated rings.